The highest BCUT2D eigenvalue weighted by Gasteiger charge is 2.13. The van der Waals surface area contributed by atoms with Crippen molar-refractivity contribution in [3.05, 3.63) is 24.2 Å². The summed E-state index contributed by atoms with van der Waals surface area (Å²) in [4.78, 5) is 2.42. The molecular weight excluding hydrogens is 240 g/mol. The van der Waals surface area contributed by atoms with E-state index >= 15 is 0 Å². The summed E-state index contributed by atoms with van der Waals surface area (Å²) in [5.74, 6) is 0.903. The standard InChI is InChI=1S/C15H26N2O2/c1-17-9-2-5-14(7-10-17)16-8-4-11-18-13-15-6-3-12-19-15/h3,6,12,14,16H,2,4-5,7-11,13H2,1H3. The van der Waals surface area contributed by atoms with Crippen LogP contribution in [0.2, 0.25) is 0 Å². The molecule has 1 aliphatic heterocycles. The summed E-state index contributed by atoms with van der Waals surface area (Å²) < 4.78 is 10.8. The van der Waals surface area contributed by atoms with Gasteiger partial charge in [-0.15, -0.1) is 0 Å². The molecule has 0 spiro atoms. The predicted molar refractivity (Wildman–Crippen MR) is 76.1 cm³/mol. The van der Waals surface area contributed by atoms with E-state index in [4.69, 9.17) is 9.15 Å². The van der Waals surface area contributed by atoms with Crippen LogP contribution in [0.15, 0.2) is 22.8 Å². The number of furan rings is 1. The second-order valence-corrected chi connectivity index (χ2v) is 5.37. The van der Waals surface area contributed by atoms with Gasteiger partial charge in [0.05, 0.1) is 6.26 Å². The zero-order valence-corrected chi connectivity index (χ0v) is 11.9. The molecule has 1 atom stereocenters. The topological polar surface area (TPSA) is 37.6 Å². The Morgan fingerprint density at radius 1 is 1.42 bits per heavy atom. The Balaban J connectivity index is 1.47. The number of rotatable bonds is 7. The molecule has 1 saturated heterocycles. The van der Waals surface area contributed by atoms with Crippen LogP contribution >= 0.6 is 0 Å². The molecule has 2 heterocycles. The van der Waals surface area contributed by atoms with E-state index in [0.29, 0.717) is 12.6 Å². The number of nitrogens with zero attached hydrogens (tertiary/aromatic N) is 1. The number of nitrogens with one attached hydrogen (secondary N) is 1. The Morgan fingerprint density at radius 2 is 2.37 bits per heavy atom. The van der Waals surface area contributed by atoms with E-state index in [1.165, 1.54) is 32.4 Å². The lowest BCUT2D eigenvalue weighted by Crippen LogP contribution is -2.31. The minimum atomic E-state index is 0.585. The molecule has 1 aromatic heterocycles. The van der Waals surface area contributed by atoms with Gasteiger partial charge in [0.1, 0.15) is 12.4 Å². The van der Waals surface area contributed by atoms with Crippen molar-refractivity contribution < 1.29 is 9.15 Å². The van der Waals surface area contributed by atoms with Crippen molar-refractivity contribution in [1.82, 2.24) is 10.2 Å². The third-order valence-electron chi connectivity index (χ3n) is 3.67. The van der Waals surface area contributed by atoms with Crippen LogP contribution < -0.4 is 5.32 Å². The smallest absolute Gasteiger partial charge is 0.129 e. The summed E-state index contributed by atoms with van der Waals surface area (Å²) in [6, 6.07) is 4.53. The van der Waals surface area contributed by atoms with Gasteiger partial charge >= 0.3 is 0 Å². The fourth-order valence-electron chi connectivity index (χ4n) is 2.49. The Kier molecular flexibility index (Phi) is 6.41. The molecule has 0 radical (unpaired) electrons. The lowest BCUT2D eigenvalue weighted by atomic mass is 10.1. The van der Waals surface area contributed by atoms with Crippen molar-refractivity contribution in [1.29, 1.82) is 0 Å². The summed E-state index contributed by atoms with van der Waals surface area (Å²) >= 11 is 0. The molecule has 1 fully saturated rings. The van der Waals surface area contributed by atoms with Gasteiger partial charge < -0.3 is 19.4 Å². The van der Waals surface area contributed by atoms with Crippen molar-refractivity contribution in [3.63, 3.8) is 0 Å². The van der Waals surface area contributed by atoms with Crippen molar-refractivity contribution in [2.45, 2.75) is 38.3 Å². The van der Waals surface area contributed by atoms with E-state index in [-0.39, 0.29) is 0 Å². The second kappa shape index (κ2) is 8.35. The maximum absolute atomic E-state index is 5.57. The molecule has 1 aromatic rings. The third-order valence-corrected chi connectivity index (χ3v) is 3.67. The van der Waals surface area contributed by atoms with Gasteiger partial charge in [-0.3, -0.25) is 0 Å². The van der Waals surface area contributed by atoms with Crippen molar-refractivity contribution in [2.75, 3.05) is 33.3 Å². The molecule has 2 rings (SSSR count). The molecule has 0 aromatic carbocycles. The Hall–Kier alpha value is -0.840. The van der Waals surface area contributed by atoms with Crippen LogP contribution in [0.3, 0.4) is 0 Å². The van der Waals surface area contributed by atoms with Crippen molar-refractivity contribution >= 4 is 0 Å². The van der Waals surface area contributed by atoms with Gasteiger partial charge in [0.25, 0.3) is 0 Å². The minimum Gasteiger partial charge on any atom is -0.467 e. The number of hydrogen-bond donors (Lipinski definition) is 1. The summed E-state index contributed by atoms with van der Waals surface area (Å²) in [7, 11) is 2.21. The highest BCUT2D eigenvalue weighted by atomic mass is 16.5. The average molecular weight is 266 g/mol. The van der Waals surface area contributed by atoms with Gasteiger partial charge in [-0.25, -0.2) is 0 Å². The highest BCUT2D eigenvalue weighted by molar-refractivity contribution is 4.95. The summed E-state index contributed by atoms with van der Waals surface area (Å²) in [6.07, 6.45) is 6.63. The van der Waals surface area contributed by atoms with Crippen LogP contribution in [-0.2, 0) is 11.3 Å². The third kappa shape index (κ3) is 5.76. The van der Waals surface area contributed by atoms with Crippen molar-refractivity contribution in [3.8, 4) is 0 Å². The Morgan fingerprint density at radius 3 is 3.21 bits per heavy atom. The van der Waals surface area contributed by atoms with Crippen LogP contribution in [0.1, 0.15) is 31.4 Å². The van der Waals surface area contributed by atoms with Crippen LogP contribution in [0, 0.1) is 0 Å². The minimum absolute atomic E-state index is 0.585. The predicted octanol–water partition coefficient (Wildman–Crippen LogP) is 2.26. The van der Waals surface area contributed by atoms with Crippen LogP contribution in [-0.4, -0.2) is 44.2 Å². The summed E-state index contributed by atoms with van der Waals surface area (Å²) in [5, 5.41) is 3.65. The second-order valence-electron chi connectivity index (χ2n) is 5.37. The molecule has 108 valence electrons. The van der Waals surface area contributed by atoms with Gasteiger partial charge in [-0.05, 0) is 64.5 Å². The first-order valence-corrected chi connectivity index (χ1v) is 7.36. The van der Waals surface area contributed by atoms with E-state index in [2.05, 4.69) is 17.3 Å². The number of hydrogen-bond acceptors (Lipinski definition) is 4. The summed E-state index contributed by atoms with van der Waals surface area (Å²) in [5.41, 5.74) is 0. The van der Waals surface area contributed by atoms with E-state index in [1.807, 2.05) is 12.1 Å². The van der Waals surface area contributed by atoms with Crippen LogP contribution in [0.25, 0.3) is 0 Å². The Bertz CT molecular complexity index is 327. The SMILES string of the molecule is CN1CCCC(NCCCOCc2ccco2)CC1. The highest BCUT2D eigenvalue weighted by Crippen LogP contribution is 2.09. The Labute approximate surface area is 116 Å². The van der Waals surface area contributed by atoms with Crippen molar-refractivity contribution in [2.24, 2.45) is 0 Å². The fraction of sp³-hybridized carbons (Fsp3) is 0.733. The van der Waals surface area contributed by atoms with E-state index < -0.39 is 0 Å². The molecule has 4 nitrogen and oxygen atoms in total. The van der Waals surface area contributed by atoms with E-state index in [1.54, 1.807) is 6.26 Å². The largest absolute Gasteiger partial charge is 0.467 e. The summed E-state index contributed by atoms with van der Waals surface area (Å²) in [6.45, 7) is 4.88. The van der Waals surface area contributed by atoms with Gasteiger partial charge in [0.2, 0.25) is 0 Å². The van der Waals surface area contributed by atoms with Crippen LogP contribution in [0.5, 0.6) is 0 Å². The maximum atomic E-state index is 5.57. The lowest BCUT2D eigenvalue weighted by molar-refractivity contribution is 0.103. The lowest BCUT2D eigenvalue weighted by Gasteiger charge is -2.16. The molecular formula is C15H26N2O2. The van der Waals surface area contributed by atoms with Gasteiger partial charge in [-0.1, -0.05) is 0 Å². The molecule has 1 unspecified atom stereocenters. The zero-order valence-electron chi connectivity index (χ0n) is 11.9. The first-order chi connectivity index (χ1) is 9.34. The molecule has 0 saturated carbocycles. The van der Waals surface area contributed by atoms with Gasteiger partial charge in [0.15, 0.2) is 0 Å². The number of likely N-dealkylation sites (tertiary alicyclic amines) is 1. The van der Waals surface area contributed by atoms with Crippen LogP contribution in [0.4, 0.5) is 0 Å². The number of ether oxygens (including phenoxy) is 1. The molecule has 19 heavy (non-hydrogen) atoms. The monoisotopic (exact) mass is 266 g/mol. The molecule has 0 aliphatic carbocycles. The average Bonchev–Trinajstić information content (AvgIpc) is 2.84. The quantitative estimate of drug-likeness (QED) is 0.768. The van der Waals surface area contributed by atoms with Gasteiger partial charge in [-0.2, -0.15) is 0 Å². The molecule has 0 amide bonds. The normalized spacial score (nSPS) is 21.4. The van der Waals surface area contributed by atoms with Gasteiger partial charge in [0, 0.05) is 12.6 Å². The maximum Gasteiger partial charge on any atom is 0.129 e. The fourth-order valence-corrected chi connectivity index (χ4v) is 2.49. The first kappa shape index (κ1) is 14.6. The zero-order chi connectivity index (χ0) is 13.3. The first-order valence-electron chi connectivity index (χ1n) is 7.36. The van der Waals surface area contributed by atoms with E-state index in [9.17, 15) is 0 Å². The molecule has 0 bridgehead atoms. The molecule has 1 N–H and O–H groups in total. The van der Waals surface area contributed by atoms with E-state index in [0.717, 1.165) is 25.3 Å². The molecule has 1 aliphatic rings. The molecule has 4 heteroatoms.